The topological polar surface area (TPSA) is 112 Å². The molecule has 0 aromatic carbocycles. The van der Waals surface area contributed by atoms with Crippen molar-refractivity contribution in [1.82, 2.24) is 29.3 Å². The molecule has 0 fully saturated rings. The molecule has 10 nitrogen and oxygen atoms in total. The highest BCUT2D eigenvalue weighted by molar-refractivity contribution is 5.91. The van der Waals surface area contributed by atoms with Crippen LogP contribution in [0.1, 0.15) is 43.6 Å². The van der Waals surface area contributed by atoms with Gasteiger partial charge in [0.05, 0.1) is 29.5 Å². The highest BCUT2D eigenvalue weighted by Gasteiger charge is 2.15. The van der Waals surface area contributed by atoms with Crippen LogP contribution < -0.4 is 10.6 Å². The first-order valence-corrected chi connectivity index (χ1v) is 10.6. The molecule has 3 rings (SSSR count). The van der Waals surface area contributed by atoms with Gasteiger partial charge in [-0.3, -0.25) is 23.6 Å². The molecule has 0 aliphatic heterocycles. The Morgan fingerprint density at radius 2 is 1.45 bits per heavy atom. The van der Waals surface area contributed by atoms with Crippen molar-refractivity contribution >= 4 is 23.2 Å². The first-order valence-electron chi connectivity index (χ1n) is 10.6. The Balaban J connectivity index is 1.51. The molecule has 31 heavy (non-hydrogen) atoms. The van der Waals surface area contributed by atoms with Crippen molar-refractivity contribution in [2.45, 2.75) is 66.6 Å². The highest BCUT2D eigenvalue weighted by Crippen LogP contribution is 2.17. The first kappa shape index (κ1) is 22.3. The molecule has 0 aliphatic rings. The van der Waals surface area contributed by atoms with Gasteiger partial charge in [-0.2, -0.15) is 15.3 Å². The second-order valence-electron chi connectivity index (χ2n) is 7.39. The van der Waals surface area contributed by atoms with Gasteiger partial charge < -0.3 is 10.6 Å². The summed E-state index contributed by atoms with van der Waals surface area (Å²) in [5.41, 5.74) is 4.30. The summed E-state index contributed by atoms with van der Waals surface area (Å²) in [4.78, 5) is 24.5. The molecule has 2 amide bonds. The predicted molar refractivity (Wildman–Crippen MR) is 118 cm³/mol. The number of hydrogen-bond acceptors (Lipinski definition) is 5. The maximum absolute atomic E-state index is 12.3. The molecule has 0 atom stereocenters. The summed E-state index contributed by atoms with van der Waals surface area (Å²) in [7, 11) is 0. The van der Waals surface area contributed by atoms with E-state index in [0.717, 1.165) is 30.0 Å². The molecule has 0 unspecified atom stereocenters. The van der Waals surface area contributed by atoms with Gasteiger partial charge >= 0.3 is 0 Å². The minimum atomic E-state index is -0.0863. The summed E-state index contributed by atoms with van der Waals surface area (Å²) in [6.07, 6.45) is 8.15. The standard InChI is InChI=1S/C21H30N8O2/c1-5-27-13-17(11-22-27)24-20(30)8-7-19-15(3)26-29(16(19)4)10-9-21(31)25-18-12-23-28(6-2)14-18/h11-14H,5-10H2,1-4H3,(H,24,30)(H,25,31). The Bertz CT molecular complexity index is 1050. The van der Waals surface area contributed by atoms with E-state index in [-0.39, 0.29) is 11.8 Å². The maximum Gasteiger partial charge on any atom is 0.226 e. The van der Waals surface area contributed by atoms with Gasteiger partial charge in [0.2, 0.25) is 11.8 Å². The monoisotopic (exact) mass is 426 g/mol. The maximum atomic E-state index is 12.3. The van der Waals surface area contributed by atoms with E-state index in [1.54, 1.807) is 28.0 Å². The number of nitrogens with zero attached hydrogens (tertiary/aromatic N) is 6. The third kappa shape index (κ3) is 5.80. The number of nitrogens with one attached hydrogen (secondary N) is 2. The zero-order chi connectivity index (χ0) is 22.4. The van der Waals surface area contributed by atoms with Gasteiger partial charge in [0.25, 0.3) is 0 Å². The van der Waals surface area contributed by atoms with E-state index in [2.05, 4.69) is 25.9 Å². The Hall–Kier alpha value is -3.43. The third-order valence-electron chi connectivity index (χ3n) is 5.17. The summed E-state index contributed by atoms with van der Waals surface area (Å²) >= 11 is 0. The number of rotatable bonds is 10. The number of hydrogen-bond donors (Lipinski definition) is 2. The zero-order valence-corrected chi connectivity index (χ0v) is 18.6. The van der Waals surface area contributed by atoms with Gasteiger partial charge in [0, 0.05) is 50.6 Å². The Morgan fingerprint density at radius 1 is 0.903 bits per heavy atom. The van der Waals surface area contributed by atoms with Crippen LogP contribution in [0.4, 0.5) is 11.4 Å². The van der Waals surface area contributed by atoms with Gasteiger partial charge in [-0.1, -0.05) is 0 Å². The molecular weight excluding hydrogens is 396 g/mol. The van der Waals surface area contributed by atoms with Crippen LogP contribution in [0.5, 0.6) is 0 Å². The summed E-state index contributed by atoms with van der Waals surface area (Å²) in [6.45, 7) is 9.87. The van der Waals surface area contributed by atoms with E-state index in [1.165, 1.54) is 0 Å². The van der Waals surface area contributed by atoms with Gasteiger partial charge in [0.1, 0.15) is 0 Å². The minimum Gasteiger partial charge on any atom is -0.323 e. The van der Waals surface area contributed by atoms with Crippen molar-refractivity contribution in [3.8, 4) is 0 Å². The van der Waals surface area contributed by atoms with Crippen molar-refractivity contribution in [2.75, 3.05) is 10.6 Å². The molecule has 10 heteroatoms. The number of aromatic nitrogens is 6. The van der Waals surface area contributed by atoms with Gasteiger partial charge in [-0.05, 0) is 39.7 Å². The van der Waals surface area contributed by atoms with Crippen molar-refractivity contribution in [3.63, 3.8) is 0 Å². The van der Waals surface area contributed by atoms with Crippen LogP contribution in [0.3, 0.4) is 0 Å². The first-order chi connectivity index (χ1) is 14.9. The predicted octanol–water partition coefficient (Wildman–Crippen LogP) is 2.53. The van der Waals surface area contributed by atoms with Crippen molar-refractivity contribution < 1.29 is 9.59 Å². The van der Waals surface area contributed by atoms with Gasteiger partial charge in [-0.25, -0.2) is 0 Å². The number of carbonyl (C=O) groups is 2. The number of aryl methyl sites for hydroxylation is 4. The fraction of sp³-hybridized carbons (Fsp3) is 0.476. The lowest BCUT2D eigenvalue weighted by Crippen LogP contribution is -2.15. The fourth-order valence-corrected chi connectivity index (χ4v) is 3.41. The van der Waals surface area contributed by atoms with Crippen LogP contribution in [0, 0.1) is 13.8 Å². The lowest BCUT2D eigenvalue weighted by Gasteiger charge is -2.06. The second-order valence-corrected chi connectivity index (χ2v) is 7.39. The molecule has 166 valence electrons. The normalized spacial score (nSPS) is 11.0. The highest BCUT2D eigenvalue weighted by atomic mass is 16.2. The largest absolute Gasteiger partial charge is 0.323 e. The molecule has 2 N–H and O–H groups in total. The van der Waals surface area contributed by atoms with Crippen LogP contribution in [0.2, 0.25) is 0 Å². The Morgan fingerprint density at radius 3 is 1.97 bits per heavy atom. The zero-order valence-electron chi connectivity index (χ0n) is 18.6. The Kier molecular flexibility index (Phi) is 7.22. The minimum absolute atomic E-state index is 0.0609. The molecule has 3 aromatic rings. The summed E-state index contributed by atoms with van der Waals surface area (Å²) in [5, 5.41) is 18.6. The lowest BCUT2D eigenvalue weighted by molar-refractivity contribution is -0.117. The summed E-state index contributed by atoms with van der Waals surface area (Å²) in [5.74, 6) is -0.147. The molecule has 3 aromatic heterocycles. The van der Waals surface area contributed by atoms with E-state index < -0.39 is 0 Å². The van der Waals surface area contributed by atoms with E-state index in [4.69, 9.17) is 0 Å². The van der Waals surface area contributed by atoms with E-state index >= 15 is 0 Å². The smallest absolute Gasteiger partial charge is 0.226 e. The number of carbonyl (C=O) groups excluding carboxylic acids is 2. The van der Waals surface area contributed by atoms with Crippen LogP contribution >= 0.6 is 0 Å². The number of amides is 2. The van der Waals surface area contributed by atoms with Crippen molar-refractivity contribution in [3.05, 3.63) is 41.7 Å². The van der Waals surface area contributed by atoms with E-state index in [0.29, 0.717) is 37.2 Å². The molecule has 0 saturated heterocycles. The van der Waals surface area contributed by atoms with Crippen molar-refractivity contribution in [2.24, 2.45) is 0 Å². The third-order valence-corrected chi connectivity index (χ3v) is 5.17. The fourth-order valence-electron chi connectivity index (χ4n) is 3.41. The molecular formula is C21H30N8O2. The van der Waals surface area contributed by atoms with Crippen LogP contribution in [0.15, 0.2) is 24.8 Å². The molecule has 3 heterocycles. The van der Waals surface area contributed by atoms with Crippen LogP contribution in [-0.4, -0.2) is 41.2 Å². The Labute approximate surface area is 181 Å². The molecule has 0 spiro atoms. The summed E-state index contributed by atoms with van der Waals surface area (Å²) in [6, 6.07) is 0. The number of anilines is 2. The van der Waals surface area contributed by atoms with Gasteiger partial charge in [-0.15, -0.1) is 0 Å². The lowest BCUT2D eigenvalue weighted by atomic mass is 10.1. The SMILES string of the molecule is CCn1cc(NC(=O)CCc2c(C)nn(CCC(=O)Nc3cnn(CC)c3)c2C)cn1. The average molecular weight is 427 g/mol. The summed E-state index contributed by atoms with van der Waals surface area (Å²) < 4.78 is 5.36. The quantitative estimate of drug-likeness (QED) is 0.517. The molecule has 0 bridgehead atoms. The van der Waals surface area contributed by atoms with E-state index in [1.807, 2.05) is 38.6 Å². The molecule has 0 aliphatic carbocycles. The van der Waals surface area contributed by atoms with Crippen molar-refractivity contribution in [1.29, 1.82) is 0 Å². The molecule has 0 saturated carbocycles. The second kappa shape index (κ2) is 10.1. The molecule has 0 radical (unpaired) electrons. The van der Waals surface area contributed by atoms with Crippen LogP contribution in [-0.2, 0) is 35.6 Å². The average Bonchev–Trinajstić information content (AvgIpc) is 3.45. The van der Waals surface area contributed by atoms with Gasteiger partial charge in [0.15, 0.2) is 0 Å². The van der Waals surface area contributed by atoms with Crippen LogP contribution in [0.25, 0.3) is 0 Å². The van der Waals surface area contributed by atoms with E-state index in [9.17, 15) is 9.59 Å².